The topological polar surface area (TPSA) is 21.8 Å². The van der Waals surface area contributed by atoms with Crippen LogP contribution in [-0.2, 0) is 9.47 Å². The van der Waals surface area contributed by atoms with Crippen molar-refractivity contribution in [3.05, 3.63) is 58.4 Å². The lowest BCUT2D eigenvalue weighted by Crippen LogP contribution is -2.02. The van der Waals surface area contributed by atoms with E-state index in [1.807, 2.05) is 0 Å². The lowest BCUT2D eigenvalue weighted by molar-refractivity contribution is 0.247. The summed E-state index contributed by atoms with van der Waals surface area (Å²) in [5.74, 6) is 1.03. The third kappa shape index (κ3) is 14.2. The largest absolute Gasteiger partial charge is 0.495 e. The molecule has 0 radical (unpaired) electrons. The maximum Gasteiger partial charge on any atom is 0.106 e. The monoisotopic (exact) mass is 428 g/mol. The zero-order chi connectivity index (χ0) is 23.3. The van der Waals surface area contributed by atoms with Crippen LogP contribution >= 0.6 is 0 Å². The van der Waals surface area contributed by atoms with E-state index in [1.165, 1.54) is 22.3 Å². The van der Waals surface area contributed by atoms with Gasteiger partial charge in [0.25, 0.3) is 0 Å². The molecule has 1 fully saturated rings. The van der Waals surface area contributed by atoms with Crippen LogP contribution in [0.5, 0.6) is 0 Å². The first-order valence-electron chi connectivity index (χ1n) is 12.2. The predicted octanol–water partition coefficient (Wildman–Crippen LogP) is 9.01. The van der Waals surface area contributed by atoms with Crippen molar-refractivity contribution in [2.24, 2.45) is 0 Å². The van der Waals surface area contributed by atoms with Gasteiger partial charge in [-0.05, 0) is 119 Å². The van der Waals surface area contributed by atoms with E-state index in [2.05, 4.69) is 85.8 Å². The fourth-order valence-corrected chi connectivity index (χ4v) is 3.53. The summed E-state index contributed by atoms with van der Waals surface area (Å²) < 4.78 is 11.5. The molecule has 0 aliphatic carbocycles. The molecule has 0 N–H and O–H groups in total. The average Bonchev–Trinajstić information content (AvgIpc) is 3.30. The van der Waals surface area contributed by atoms with E-state index in [0.717, 1.165) is 57.1 Å². The molecule has 176 valence electrons. The second-order valence-electron chi connectivity index (χ2n) is 9.96. The molecular weight excluding hydrogens is 380 g/mol. The predicted molar refractivity (Wildman–Crippen MR) is 136 cm³/mol. The average molecular weight is 429 g/mol. The summed E-state index contributed by atoms with van der Waals surface area (Å²) in [5, 5.41) is 0. The molecule has 0 aromatic rings. The highest BCUT2D eigenvalue weighted by molar-refractivity contribution is 5.06. The summed E-state index contributed by atoms with van der Waals surface area (Å²) in [5.41, 5.74) is 5.90. The van der Waals surface area contributed by atoms with Gasteiger partial charge in [-0.15, -0.1) is 0 Å². The first-order chi connectivity index (χ1) is 14.6. The second kappa shape index (κ2) is 14.5. The smallest absolute Gasteiger partial charge is 0.106 e. The third-order valence-electron chi connectivity index (χ3n) is 5.92. The number of epoxide rings is 1. The highest BCUT2D eigenvalue weighted by Gasteiger charge is 2.46. The first-order valence-corrected chi connectivity index (χ1v) is 12.2. The number of unbranched alkanes of at least 4 members (excludes halogenated alkanes) is 1. The molecule has 2 nitrogen and oxygen atoms in total. The lowest BCUT2D eigenvalue weighted by Gasteiger charge is -2.05. The Kier molecular flexibility index (Phi) is 12.9. The van der Waals surface area contributed by atoms with Crippen molar-refractivity contribution in [3.8, 4) is 0 Å². The number of ether oxygens (including phenoxy) is 2. The third-order valence-corrected chi connectivity index (χ3v) is 5.92. The van der Waals surface area contributed by atoms with Crippen LogP contribution < -0.4 is 0 Å². The van der Waals surface area contributed by atoms with Gasteiger partial charge in [-0.3, -0.25) is 0 Å². The Morgan fingerprint density at radius 1 is 0.710 bits per heavy atom. The molecule has 0 bridgehead atoms. The molecule has 2 heteroatoms. The van der Waals surface area contributed by atoms with Gasteiger partial charge < -0.3 is 9.47 Å². The van der Waals surface area contributed by atoms with Gasteiger partial charge in [-0.1, -0.05) is 40.5 Å². The van der Waals surface area contributed by atoms with E-state index in [4.69, 9.17) is 9.47 Å². The molecule has 1 aliphatic heterocycles. The summed E-state index contributed by atoms with van der Waals surface area (Å²) in [6, 6.07) is 0. The molecule has 0 saturated carbocycles. The molecule has 1 unspecified atom stereocenters. The molecule has 1 rings (SSSR count). The van der Waals surface area contributed by atoms with Crippen LogP contribution in [0.1, 0.15) is 107 Å². The van der Waals surface area contributed by atoms with Gasteiger partial charge in [0.05, 0.1) is 17.5 Å². The van der Waals surface area contributed by atoms with E-state index < -0.39 is 0 Å². The van der Waals surface area contributed by atoms with Crippen molar-refractivity contribution >= 4 is 0 Å². The van der Waals surface area contributed by atoms with Gasteiger partial charge in [0.2, 0.25) is 0 Å². The zero-order valence-corrected chi connectivity index (χ0v) is 21.6. The number of allylic oxidation sites excluding steroid dienone is 9. The second-order valence-corrected chi connectivity index (χ2v) is 9.96. The van der Waals surface area contributed by atoms with E-state index in [9.17, 15) is 0 Å². The van der Waals surface area contributed by atoms with Gasteiger partial charge in [0.15, 0.2) is 0 Å². The summed E-state index contributed by atoms with van der Waals surface area (Å²) in [4.78, 5) is 0. The van der Waals surface area contributed by atoms with Crippen molar-refractivity contribution in [1.82, 2.24) is 0 Å². The van der Waals surface area contributed by atoms with Crippen LogP contribution in [0.3, 0.4) is 0 Å². The van der Waals surface area contributed by atoms with Crippen LogP contribution in [0.4, 0.5) is 0 Å². The SMILES string of the molecule is CC(C)=CCC/C(C)=C/CO/C(C)=C/CC/C=C(\C)CC/C=C(\C)CCC1OC1(C)C. The number of hydrogen-bond acceptors (Lipinski definition) is 2. The minimum Gasteiger partial charge on any atom is -0.495 e. The van der Waals surface area contributed by atoms with Gasteiger partial charge >= 0.3 is 0 Å². The minimum atomic E-state index is 0.123. The van der Waals surface area contributed by atoms with E-state index in [1.54, 1.807) is 0 Å². The van der Waals surface area contributed by atoms with Crippen LogP contribution in [0.15, 0.2) is 58.4 Å². The quantitative estimate of drug-likeness (QED) is 0.112. The Bertz CT molecular complexity index is 682. The maximum absolute atomic E-state index is 5.83. The molecule has 31 heavy (non-hydrogen) atoms. The lowest BCUT2D eigenvalue weighted by atomic mass is 10.0. The van der Waals surface area contributed by atoms with E-state index in [0.29, 0.717) is 12.7 Å². The van der Waals surface area contributed by atoms with Crippen molar-refractivity contribution in [2.45, 2.75) is 118 Å². The highest BCUT2D eigenvalue weighted by Crippen LogP contribution is 2.38. The summed E-state index contributed by atoms with van der Waals surface area (Å²) >= 11 is 0. The summed E-state index contributed by atoms with van der Waals surface area (Å²) in [6.45, 7) is 18.1. The van der Waals surface area contributed by atoms with Crippen LogP contribution in [-0.4, -0.2) is 18.3 Å². The molecule has 0 aromatic carbocycles. The minimum absolute atomic E-state index is 0.123. The van der Waals surface area contributed by atoms with Gasteiger partial charge in [0.1, 0.15) is 6.61 Å². The first kappa shape index (κ1) is 27.5. The highest BCUT2D eigenvalue weighted by atomic mass is 16.6. The van der Waals surface area contributed by atoms with Gasteiger partial charge in [0, 0.05) is 0 Å². The van der Waals surface area contributed by atoms with Crippen LogP contribution in [0.2, 0.25) is 0 Å². The molecule has 1 atom stereocenters. The molecule has 1 heterocycles. The summed E-state index contributed by atoms with van der Waals surface area (Å²) in [6.07, 6.45) is 20.9. The van der Waals surface area contributed by atoms with Gasteiger partial charge in [-0.25, -0.2) is 0 Å². The molecule has 0 amide bonds. The van der Waals surface area contributed by atoms with Crippen molar-refractivity contribution in [3.63, 3.8) is 0 Å². The fourth-order valence-electron chi connectivity index (χ4n) is 3.53. The Morgan fingerprint density at radius 3 is 1.84 bits per heavy atom. The Hall–Kier alpha value is -1.54. The van der Waals surface area contributed by atoms with E-state index >= 15 is 0 Å². The molecule has 0 aromatic heterocycles. The number of hydrogen-bond donors (Lipinski definition) is 0. The number of rotatable bonds is 15. The van der Waals surface area contributed by atoms with Gasteiger partial charge in [-0.2, -0.15) is 0 Å². The zero-order valence-electron chi connectivity index (χ0n) is 21.6. The molecule has 1 saturated heterocycles. The Balaban J connectivity index is 2.15. The Labute approximate surface area is 193 Å². The molecule has 0 spiro atoms. The Morgan fingerprint density at radius 2 is 1.23 bits per heavy atom. The molecule has 1 aliphatic rings. The molecular formula is C29H48O2. The normalized spacial score (nSPS) is 19.4. The van der Waals surface area contributed by atoms with Crippen molar-refractivity contribution in [2.75, 3.05) is 6.61 Å². The standard InChI is InChI=1S/C29H48O2/c1-23(2)13-11-15-26(5)21-22-30-27(6)18-10-9-14-24(3)16-12-17-25(4)19-20-28-29(7,8)31-28/h13-14,17-18,21,28H,9-12,15-16,19-20,22H2,1-8H3/b24-14+,25-17+,26-21+,27-18+. The summed E-state index contributed by atoms with van der Waals surface area (Å²) in [7, 11) is 0. The fraction of sp³-hybridized carbons (Fsp3) is 0.655. The van der Waals surface area contributed by atoms with Crippen molar-refractivity contribution < 1.29 is 9.47 Å². The van der Waals surface area contributed by atoms with E-state index in [-0.39, 0.29) is 5.60 Å². The van der Waals surface area contributed by atoms with Crippen LogP contribution in [0, 0.1) is 0 Å². The van der Waals surface area contributed by atoms with Crippen molar-refractivity contribution in [1.29, 1.82) is 0 Å². The maximum atomic E-state index is 5.83. The van der Waals surface area contributed by atoms with Crippen LogP contribution in [0.25, 0.3) is 0 Å².